The van der Waals surface area contributed by atoms with Gasteiger partial charge in [0, 0.05) is 23.6 Å². The molecule has 7 nitrogen and oxygen atoms in total. The van der Waals surface area contributed by atoms with Gasteiger partial charge in [-0.15, -0.1) is 10.2 Å². The van der Waals surface area contributed by atoms with Gasteiger partial charge in [-0.25, -0.2) is 0 Å². The smallest absolute Gasteiger partial charge is 0.277 e. The molecule has 1 N–H and O–H groups in total. The molecule has 3 aromatic rings. The summed E-state index contributed by atoms with van der Waals surface area (Å²) in [5.74, 6) is 0.416. The number of non-ortho nitro benzene ring substituents is 1. The SMILES string of the molecule is CC(Sc1nnc(-c2ccc[nH]2)o1)c1cccc([N+](=O)[O-])c1. The summed E-state index contributed by atoms with van der Waals surface area (Å²) in [5, 5.41) is 19.2. The molecule has 0 aliphatic rings. The second-order valence-corrected chi connectivity index (χ2v) is 5.86. The molecule has 0 saturated heterocycles. The Morgan fingerprint density at radius 2 is 2.18 bits per heavy atom. The third-order valence-corrected chi connectivity index (χ3v) is 4.06. The minimum Gasteiger partial charge on any atom is -0.410 e. The van der Waals surface area contributed by atoms with Gasteiger partial charge in [-0.05, 0) is 24.6 Å². The van der Waals surface area contributed by atoms with E-state index >= 15 is 0 Å². The van der Waals surface area contributed by atoms with Crippen molar-refractivity contribution in [2.75, 3.05) is 0 Å². The highest BCUT2D eigenvalue weighted by Crippen LogP contribution is 2.35. The van der Waals surface area contributed by atoms with E-state index in [1.165, 1.54) is 17.8 Å². The average molecular weight is 316 g/mol. The van der Waals surface area contributed by atoms with E-state index in [-0.39, 0.29) is 10.9 Å². The first-order valence-corrected chi connectivity index (χ1v) is 7.40. The molecule has 0 radical (unpaired) electrons. The summed E-state index contributed by atoms with van der Waals surface area (Å²) in [6, 6.07) is 10.2. The van der Waals surface area contributed by atoms with Gasteiger partial charge in [0.2, 0.25) is 0 Å². The number of nitrogens with one attached hydrogen (secondary N) is 1. The largest absolute Gasteiger partial charge is 0.410 e. The standard InChI is InChI=1S/C14H12N4O3S/c1-9(10-4-2-5-11(8-10)18(19)20)22-14-17-16-13(21-14)12-6-3-7-15-12/h2-9,15H,1H3. The molecule has 0 amide bonds. The number of aromatic nitrogens is 3. The van der Waals surface area contributed by atoms with E-state index in [0.29, 0.717) is 11.1 Å². The Bertz CT molecular complexity index is 785. The zero-order valence-electron chi connectivity index (χ0n) is 11.6. The Kier molecular flexibility index (Phi) is 3.92. The van der Waals surface area contributed by atoms with Crippen molar-refractivity contribution in [3.05, 3.63) is 58.3 Å². The molecular formula is C14H12N4O3S. The number of hydrogen-bond donors (Lipinski definition) is 1. The lowest BCUT2D eigenvalue weighted by Crippen LogP contribution is -1.92. The van der Waals surface area contributed by atoms with Crippen LogP contribution in [0.4, 0.5) is 5.69 Å². The highest BCUT2D eigenvalue weighted by atomic mass is 32.2. The molecule has 0 aliphatic carbocycles. The Morgan fingerprint density at radius 3 is 2.91 bits per heavy atom. The Labute approximate surface area is 129 Å². The monoisotopic (exact) mass is 316 g/mol. The summed E-state index contributed by atoms with van der Waals surface area (Å²) in [5.41, 5.74) is 1.66. The molecule has 0 aliphatic heterocycles. The summed E-state index contributed by atoms with van der Waals surface area (Å²) in [6.07, 6.45) is 1.78. The van der Waals surface area contributed by atoms with E-state index < -0.39 is 4.92 Å². The Balaban J connectivity index is 1.75. The topological polar surface area (TPSA) is 97.8 Å². The van der Waals surface area contributed by atoms with Crippen LogP contribution < -0.4 is 0 Å². The van der Waals surface area contributed by atoms with Crippen molar-refractivity contribution < 1.29 is 9.34 Å². The fourth-order valence-corrected chi connectivity index (χ4v) is 2.74. The summed E-state index contributed by atoms with van der Waals surface area (Å²) in [6.45, 7) is 1.93. The van der Waals surface area contributed by atoms with Crippen LogP contribution in [0.1, 0.15) is 17.7 Å². The number of aromatic amines is 1. The van der Waals surface area contributed by atoms with Crippen LogP contribution in [0.25, 0.3) is 11.6 Å². The first-order valence-electron chi connectivity index (χ1n) is 6.52. The predicted molar refractivity (Wildman–Crippen MR) is 81.5 cm³/mol. The molecule has 2 heterocycles. The van der Waals surface area contributed by atoms with Crippen LogP contribution in [-0.2, 0) is 0 Å². The Morgan fingerprint density at radius 1 is 1.32 bits per heavy atom. The van der Waals surface area contributed by atoms with E-state index in [4.69, 9.17) is 4.42 Å². The minimum atomic E-state index is -0.406. The van der Waals surface area contributed by atoms with Gasteiger partial charge in [-0.2, -0.15) is 0 Å². The molecule has 1 aromatic carbocycles. The van der Waals surface area contributed by atoms with Crippen LogP contribution in [-0.4, -0.2) is 20.1 Å². The fraction of sp³-hybridized carbons (Fsp3) is 0.143. The van der Waals surface area contributed by atoms with Crippen molar-refractivity contribution in [1.82, 2.24) is 15.2 Å². The van der Waals surface area contributed by atoms with E-state index in [0.717, 1.165) is 11.3 Å². The van der Waals surface area contributed by atoms with Crippen molar-refractivity contribution in [2.24, 2.45) is 0 Å². The molecule has 2 aromatic heterocycles. The van der Waals surface area contributed by atoms with E-state index in [2.05, 4.69) is 15.2 Å². The lowest BCUT2D eigenvalue weighted by atomic mass is 10.1. The van der Waals surface area contributed by atoms with Crippen LogP contribution in [0, 0.1) is 10.1 Å². The van der Waals surface area contributed by atoms with Gasteiger partial charge >= 0.3 is 0 Å². The average Bonchev–Trinajstić information content (AvgIpc) is 3.18. The van der Waals surface area contributed by atoms with E-state index in [9.17, 15) is 10.1 Å². The number of benzene rings is 1. The number of nitro benzene ring substituents is 1. The third kappa shape index (κ3) is 3.01. The maximum Gasteiger partial charge on any atom is 0.277 e. The maximum absolute atomic E-state index is 10.8. The number of nitrogens with zero attached hydrogens (tertiary/aromatic N) is 3. The summed E-state index contributed by atoms with van der Waals surface area (Å²) >= 11 is 1.36. The number of H-pyrrole nitrogens is 1. The maximum atomic E-state index is 10.8. The van der Waals surface area contributed by atoms with Crippen molar-refractivity contribution in [3.63, 3.8) is 0 Å². The first kappa shape index (κ1) is 14.3. The van der Waals surface area contributed by atoms with Gasteiger partial charge in [0.15, 0.2) is 0 Å². The highest BCUT2D eigenvalue weighted by molar-refractivity contribution is 7.99. The quantitative estimate of drug-likeness (QED) is 0.436. The third-order valence-electron chi connectivity index (χ3n) is 3.06. The molecule has 22 heavy (non-hydrogen) atoms. The number of rotatable bonds is 5. The number of hydrogen-bond acceptors (Lipinski definition) is 6. The van der Waals surface area contributed by atoms with Crippen LogP contribution in [0.5, 0.6) is 0 Å². The number of thioether (sulfide) groups is 1. The van der Waals surface area contributed by atoms with Gasteiger partial charge in [0.25, 0.3) is 16.8 Å². The second kappa shape index (κ2) is 6.02. The summed E-state index contributed by atoms with van der Waals surface area (Å²) < 4.78 is 5.57. The molecule has 112 valence electrons. The molecule has 0 bridgehead atoms. The van der Waals surface area contributed by atoms with Crippen LogP contribution >= 0.6 is 11.8 Å². The lowest BCUT2D eigenvalue weighted by Gasteiger charge is -2.08. The van der Waals surface area contributed by atoms with E-state index in [1.54, 1.807) is 18.3 Å². The molecule has 0 saturated carbocycles. The summed E-state index contributed by atoms with van der Waals surface area (Å²) in [7, 11) is 0. The molecule has 0 spiro atoms. The minimum absolute atomic E-state index is 0.0446. The second-order valence-electron chi connectivity index (χ2n) is 4.57. The normalized spacial score (nSPS) is 12.2. The van der Waals surface area contributed by atoms with E-state index in [1.807, 2.05) is 25.1 Å². The number of nitro groups is 1. The molecule has 0 fully saturated rings. The summed E-state index contributed by atoms with van der Waals surface area (Å²) in [4.78, 5) is 13.4. The van der Waals surface area contributed by atoms with Crippen molar-refractivity contribution in [1.29, 1.82) is 0 Å². The van der Waals surface area contributed by atoms with Crippen molar-refractivity contribution >= 4 is 17.4 Å². The van der Waals surface area contributed by atoms with Crippen molar-refractivity contribution in [3.8, 4) is 11.6 Å². The van der Waals surface area contributed by atoms with Gasteiger partial charge in [0.1, 0.15) is 5.69 Å². The van der Waals surface area contributed by atoms with Gasteiger partial charge in [0.05, 0.1) is 4.92 Å². The predicted octanol–water partition coefficient (Wildman–Crippen LogP) is 3.83. The molecule has 3 rings (SSSR count). The molecule has 8 heteroatoms. The first-order chi connectivity index (χ1) is 10.6. The molecule has 1 atom stereocenters. The lowest BCUT2D eigenvalue weighted by molar-refractivity contribution is -0.384. The van der Waals surface area contributed by atoms with Gasteiger partial charge in [-0.3, -0.25) is 10.1 Å². The van der Waals surface area contributed by atoms with Crippen molar-refractivity contribution in [2.45, 2.75) is 17.4 Å². The Hall–Kier alpha value is -2.61. The van der Waals surface area contributed by atoms with Crippen LogP contribution in [0.2, 0.25) is 0 Å². The highest BCUT2D eigenvalue weighted by Gasteiger charge is 2.16. The molecular weight excluding hydrogens is 304 g/mol. The van der Waals surface area contributed by atoms with Crippen LogP contribution in [0.15, 0.2) is 52.2 Å². The van der Waals surface area contributed by atoms with Gasteiger partial charge < -0.3 is 9.40 Å². The fourth-order valence-electron chi connectivity index (χ4n) is 1.94. The zero-order valence-corrected chi connectivity index (χ0v) is 12.4. The van der Waals surface area contributed by atoms with Gasteiger partial charge in [-0.1, -0.05) is 23.9 Å². The zero-order chi connectivity index (χ0) is 15.5. The molecule has 1 unspecified atom stereocenters. The van der Waals surface area contributed by atoms with Crippen LogP contribution in [0.3, 0.4) is 0 Å².